The molecule has 1 aromatic carbocycles. The van der Waals surface area contributed by atoms with Crippen molar-refractivity contribution in [3.8, 4) is 0 Å². The zero-order valence-corrected chi connectivity index (χ0v) is 25.0. The number of benzene rings is 1. The third kappa shape index (κ3) is 7.14. The van der Waals surface area contributed by atoms with Crippen LogP contribution in [-0.2, 0) is 0 Å². The zero-order chi connectivity index (χ0) is 24.5. The molecule has 0 N–H and O–H groups in total. The van der Waals surface area contributed by atoms with Crippen molar-refractivity contribution in [1.82, 2.24) is 0 Å². The van der Waals surface area contributed by atoms with E-state index in [1.54, 1.807) is 22.3 Å². The van der Waals surface area contributed by atoms with Crippen molar-refractivity contribution in [3.63, 3.8) is 0 Å². The second-order valence-corrected chi connectivity index (χ2v) is 14.0. The Hall–Kier alpha value is -0.770. The molecule has 0 saturated carbocycles. The van der Waals surface area contributed by atoms with E-state index in [2.05, 4.69) is 68.4 Å². The summed E-state index contributed by atoms with van der Waals surface area (Å²) in [6.07, 6.45) is 15.6. The molecule has 190 valence electrons. The highest BCUT2D eigenvalue weighted by Gasteiger charge is 2.21. The molecule has 0 aromatic heterocycles. The number of allylic oxidation sites excluding steroid dienone is 4. The van der Waals surface area contributed by atoms with Gasteiger partial charge in [-0.05, 0) is 117 Å². The average Bonchev–Trinajstić information content (AvgIpc) is 3.45. The second kappa shape index (κ2) is 14.1. The topological polar surface area (TPSA) is 0 Å². The summed E-state index contributed by atoms with van der Waals surface area (Å²) in [5.41, 5.74) is 7.83. The van der Waals surface area contributed by atoms with E-state index in [0.717, 1.165) is 12.8 Å². The monoisotopic (exact) mass is 516 g/mol. The van der Waals surface area contributed by atoms with Crippen LogP contribution in [-0.4, -0.2) is 0 Å². The molecule has 34 heavy (non-hydrogen) atoms. The molecular formula is C31H48S3. The fourth-order valence-corrected chi connectivity index (χ4v) is 10.3. The van der Waals surface area contributed by atoms with Crippen molar-refractivity contribution in [2.75, 3.05) is 0 Å². The van der Waals surface area contributed by atoms with E-state index in [1.807, 2.05) is 0 Å². The summed E-state index contributed by atoms with van der Waals surface area (Å²) in [5.74, 6) is 0. The maximum Gasteiger partial charge on any atom is 0.00907 e. The average molecular weight is 517 g/mol. The lowest BCUT2D eigenvalue weighted by molar-refractivity contribution is 0.665. The van der Waals surface area contributed by atoms with Gasteiger partial charge in [0.2, 0.25) is 0 Å². The van der Waals surface area contributed by atoms with Crippen molar-refractivity contribution in [2.45, 2.75) is 126 Å². The van der Waals surface area contributed by atoms with Crippen LogP contribution in [0.15, 0.2) is 70.7 Å². The largest absolute Gasteiger partial charge is 0.185 e. The maximum absolute atomic E-state index is 4.96. The van der Waals surface area contributed by atoms with Gasteiger partial charge in [0.25, 0.3) is 0 Å². The van der Waals surface area contributed by atoms with Gasteiger partial charge in [0.05, 0.1) is 0 Å². The molecule has 2 atom stereocenters. The molecule has 2 unspecified atom stereocenters. The molecule has 2 aliphatic heterocycles. The van der Waals surface area contributed by atoms with Crippen molar-refractivity contribution >= 4 is 34.4 Å². The molecule has 0 nitrogen and oxygen atoms in total. The van der Waals surface area contributed by atoms with Crippen LogP contribution in [0.2, 0.25) is 0 Å². The highest BCUT2D eigenvalue weighted by Crippen LogP contribution is 2.55. The second-order valence-electron chi connectivity index (χ2n) is 9.87. The van der Waals surface area contributed by atoms with Gasteiger partial charge in [-0.1, -0.05) is 66.2 Å². The Morgan fingerprint density at radius 1 is 0.618 bits per heavy atom. The summed E-state index contributed by atoms with van der Waals surface area (Å²) >= 11 is 4.96. The van der Waals surface area contributed by atoms with Gasteiger partial charge in [0, 0.05) is 4.90 Å². The van der Waals surface area contributed by atoms with Crippen LogP contribution in [0.25, 0.3) is 0 Å². The van der Waals surface area contributed by atoms with Gasteiger partial charge >= 0.3 is 0 Å². The Labute approximate surface area is 221 Å². The normalized spacial score (nSPS) is 21.9. The first kappa shape index (κ1) is 27.8. The summed E-state index contributed by atoms with van der Waals surface area (Å²) in [5, 5.41) is 10.4. The lowest BCUT2D eigenvalue weighted by Crippen LogP contribution is -1.88. The Kier molecular flexibility index (Phi) is 11.5. The van der Waals surface area contributed by atoms with E-state index in [0.29, 0.717) is 0 Å². The van der Waals surface area contributed by atoms with Crippen LogP contribution in [0.5, 0.6) is 0 Å². The third-order valence-corrected chi connectivity index (χ3v) is 12.0. The van der Waals surface area contributed by atoms with E-state index in [-0.39, 0.29) is 21.8 Å². The maximum atomic E-state index is 4.96. The van der Waals surface area contributed by atoms with Gasteiger partial charge in [-0.3, -0.25) is 0 Å². The zero-order valence-electron chi connectivity index (χ0n) is 22.3. The molecule has 0 aliphatic carbocycles. The van der Waals surface area contributed by atoms with Gasteiger partial charge in [-0.25, -0.2) is 0 Å². The fraction of sp³-hybridized carbons (Fsp3) is 0.548. The Morgan fingerprint density at radius 2 is 1.12 bits per heavy atom. The van der Waals surface area contributed by atoms with Crippen LogP contribution in [0.3, 0.4) is 0 Å². The summed E-state index contributed by atoms with van der Waals surface area (Å²) in [6, 6.07) is 4.91. The molecule has 0 fully saturated rings. The van der Waals surface area contributed by atoms with E-state index in [1.165, 1.54) is 84.5 Å². The van der Waals surface area contributed by atoms with E-state index < -0.39 is 0 Å². The predicted octanol–water partition coefficient (Wildman–Crippen LogP) is 11.3. The predicted molar refractivity (Wildman–Crippen MR) is 163 cm³/mol. The third-order valence-electron chi connectivity index (χ3n) is 7.28. The summed E-state index contributed by atoms with van der Waals surface area (Å²) in [4.78, 5) is 4.20. The lowest BCUT2D eigenvalue weighted by Gasteiger charge is -2.20. The minimum absolute atomic E-state index is 0.352. The van der Waals surface area contributed by atoms with E-state index >= 15 is 0 Å². The SMILES string of the molecule is CCCCCCC1=C[SH](c2cc(S)c(C)c([SH]3C=C(CC)C(CCCCCC)=C3)c2)C=C1CC. The fourth-order valence-electron chi connectivity index (χ4n) is 5.02. The number of unbranched alkanes of at least 4 members (excludes halogenated alkanes) is 6. The lowest BCUT2D eigenvalue weighted by atomic mass is 10.0. The van der Waals surface area contributed by atoms with Gasteiger partial charge in [-0.2, -0.15) is 21.8 Å². The standard InChI is InChI=1S/C31H48S3/c1-6-10-12-14-16-27-22-33(20-25(27)8-3)29-18-30(32)24(5)31(19-29)34-21-26(9-4)28(23-34)17-15-13-11-7-2/h18-23,32-34H,6-17H2,1-5H3. The molecule has 0 saturated heterocycles. The number of rotatable bonds is 14. The molecule has 3 heteroatoms. The minimum atomic E-state index is -0.360. The molecule has 0 amide bonds. The Bertz CT molecular complexity index is 948. The van der Waals surface area contributed by atoms with E-state index in [9.17, 15) is 0 Å². The number of hydrogen-bond acceptors (Lipinski definition) is 1. The van der Waals surface area contributed by atoms with Crippen LogP contribution >= 0.6 is 34.4 Å². The van der Waals surface area contributed by atoms with Crippen LogP contribution in [0.1, 0.15) is 110 Å². The van der Waals surface area contributed by atoms with Crippen molar-refractivity contribution in [2.24, 2.45) is 0 Å². The van der Waals surface area contributed by atoms with Crippen molar-refractivity contribution < 1.29 is 0 Å². The number of hydrogen-bond donors (Lipinski definition) is 3. The van der Waals surface area contributed by atoms with Gasteiger partial charge < -0.3 is 0 Å². The van der Waals surface area contributed by atoms with Gasteiger partial charge in [0.1, 0.15) is 0 Å². The first-order chi connectivity index (χ1) is 16.5. The van der Waals surface area contributed by atoms with Crippen molar-refractivity contribution in [1.29, 1.82) is 0 Å². The molecule has 3 rings (SSSR count). The highest BCUT2D eigenvalue weighted by atomic mass is 32.2. The molecule has 2 aliphatic rings. The Balaban J connectivity index is 1.83. The smallest absolute Gasteiger partial charge is 0.00907 e. The first-order valence-corrected chi connectivity index (χ1v) is 17.2. The molecule has 1 aromatic rings. The molecule has 0 radical (unpaired) electrons. The van der Waals surface area contributed by atoms with E-state index in [4.69, 9.17) is 12.6 Å². The molecule has 0 bridgehead atoms. The minimum Gasteiger partial charge on any atom is -0.185 e. The molecule has 0 spiro atoms. The highest BCUT2D eigenvalue weighted by molar-refractivity contribution is 8.23. The Morgan fingerprint density at radius 3 is 1.65 bits per heavy atom. The molecular weight excluding hydrogens is 469 g/mol. The van der Waals surface area contributed by atoms with Crippen LogP contribution in [0, 0.1) is 6.92 Å². The molecule has 2 heterocycles. The van der Waals surface area contributed by atoms with Crippen LogP contribution < -0.4 is 0 Å². The quantitative estimate of drug-likeness (QED) is 0.159. The first-order valence-electron chi connectivity index (χ1n) is 13.8. The van der Waals surface area contributed by atoms with Crippen LogP contribution in [0.4, 0.5) is 0 Å². The summed E-state index contributed by atoms with van der Waals surface area (Å²) in [7, 11) is -0.712. The van der Waals surface area contributed by atoms with Crippen molar-refractivity contribution in [3.05, 3.63) is 61.6 Å². The van der Waals surface area contributed by atoms with Gasteiger partial charge in [-0.15, -0.1) is 12.6 Å². The number of thiol groups is 3. The summed E-state index contributed by atoms with van der Waals surface area (Å²) in [6.45, 7) is 11.5. The summed E-state index contributed by atoms with van der Waals surface area (Å²) < 4.78 is 0. The van der Waals surface area contributed by atoms with Gasteiger partial charge in [0.15, 0.2) is 0 Å².